The summed E-state index contributed by atoms with van der Waals surface area (Å²) in [5.41, 5.74) is 4.76. The van der Waals surface area contributed by atoms with E-state index >= 15 is 0 Å². The van der Waals surface area contributed by atoms with E-state index in [4.69, 9.17) is 0 Å². The molecule has 2 bridgehead atoms. The molecule has 25 heavy (non-hydrogen) atoms. The van der Waals surface area contributed by atoms with Gasteiger partial charge in [0.15, 0.2) is 0 Å². The van der Waals surface area contributed by atoms with Crippen LogP contribution >= 0.6 is 11.8 Å². The average molecular weight is 348 g/mol. The van der Waals surface area contributed by atoms with Crippen LogP contribution < -0.4 is 0 Å². The molecule has 0 fully saturated rings. The first-order chi connectivity index (χ1) is 12.1. The maximum atomic E-state index is 11.9. The second kappa shape index (κ2) is 4.64. The summed E-state index contributed by atoms with van der Waals surface area (Å²) in [5, 5.41) is 19.3. The number of hydrogen-bond acceptors (Lipinski definition) is 3. The first kappa shape index (κ1) is 14.5. The van der Waals surface area contributed by atoms with Crippen molar-refractivity contribution in [3.05, 3.63) is 92.9 Å². The third-order valence-electron chi connectivity index (χ3n) is 5.22. The third-order valence-corrected chi connectivity index (χ3v) is 6.77. The molecule has 3 aliphatic carbocycles. The van der Waals surface area contributed by atoms with Gasteiger partial charge in [0.2, 0.25) is 0 Å². The van der Waals surface area contributed by atoms with Crippen LogP contribution in [0.1, 0.15) is 28.2 Å². The molecule has 2 aromatic carbocycles. The SMILES string of the molecule is O=C(O)C1=C(C(=O)O)C2=CC3c4ccccc4C2(S1)c1ccccc13. The number of allylic oxidation sites excluding steroid dienone is 1. The van der Waals surface area contributed by atoms with Crippen LogP contribution in [0.25, 0.3) is 0 Å². The van der Waals surface area contributed by atoms with E-state index in [1.54, 1.807) is 0 Å². The highest BCUT2D eigenvalue weighted by molar-refractivity contribution is 8.05. The van der Waals surface area contributed by atoms with Crippen LogP contribution in [-0.2, 0) is 14.3 Å². The number of carboxylic acids is 2. The number of carboxylic acid groups (broad SMARTS) is 2. The van der Waals surface area contributed by atoms with E-state index in [0.717, 1.165) is 34.0 Å². The molecule has 2 N–H and O–H groups in total. The fourth-order valence-corrected chi connectivity index (χ4v) is 5.92. The molecule has 1 aliphatic heterocycles. The number of rotatable bonds is 2. The lowest BCUT2D eigenvalue weighted by Gasteiger charge is -2.46. The summed E-state index contributed by atoms with van der Waals surface area (Å²) in [6.45, 7) is 0. The van der Waals surface area contributed by atoms with Crippen molar-refractivity contribution in [2.75, 3.05) is 0 Å². The Hall–Kier alpha value is -2.79. The Morgan fingerprint density at radius 1 is 0.880 bits per heavy atom. The molecular weight excluding hydrogens is 336 g/mol. The Morgan fingerprint density at radius 2 is 1.44 bits per heavy atom. The van der Waals surface area contributed by atoms with Crippen LogP contribution in [0.5, 0.6) is 0 Å². The van der Waals surface area contributed by atoms with E-state index in [9.17, 15) is 19.8 Å². The second-order valence-electron chi connectivity index (χ2n) is 6.33. The molecule has 0 saturated heterocycles. The van der Waals surface area contributed by atoms with Crippen molar-refractivity contribution in [3.63, 3.8) is 0 Å². The summed E-state index contributed by atoms with van der Waals surface area (Å²) in [6.07, 6.45) is 1.94. The topological polar surface area (TPSA) is 74.6 Å². The zero-order valence-electron chi connectivity index (χ0n) is 12.9. The van der Waals surface area contributed by atoms with Crippen LogP contribution in [0.3, 0.4) is 0 Å². The van der Waals surface area contributed by atoms with Gasteiger partial charge < -0.3 is 10.2 Å². The zero-order valence-corrected chi connectivity index (χ0v) is 13.7. The van der Waals surface area contributed by atoms with Gasteiger partial charge in [-0.05, 0) is 27.8 Å². The minimum absolute atomic E-state index is 0.0487. The molecule has 0 amide bonds. The number of benzene rings is 2. The highest BCUT2D eigenvalue weighted by atomic mass is 32.2. The Balaban J connectivity index is 1.90. The molecule has 1 heterocycles. The van der Waals surface area contributed by atoms with Gasteiger partial charge in [-0.15, -0.1) is 0 Å². The van der Waals surface area contributed by atoms with Crippen LogP contribution in [0.15, 0.2) is 70.7 Å². The molecule has 1 spiro atoms. The maximum absolute atomic E-state index is 11.9. The van der Waals surface area contributed by atoms with Crippen molar-refractivity contribution in [2.45, 2.75) is 10.7 Å². The lowest BCUT2D eigenvalue weighted by Crippen LogP contribution is -2.37. The summed E-state index contributed by atoms with van der Waals surface area (Å²) < 4.78 is -0.788. The minimum Gasteiger partial charge on any atom is -0.478 e. The van der Waals surface area contributed by atoms with Crippen LogP contribution in [0.2, 0.25) is 0 Å². The molecule has 0 aromatic heterocycles. The zero-order chi connectivity index (χ0) is 17.3. The van der Waals surface area contributed by atoms with Crippen LogP contribution in [-0.4, -0.2) is 22.2 Å². The van der Waals surface area contributed by atoms with Crippen molar-refractivity contribution in [1.82, 2.24) is 0 Å². The van der Waals surface area contributed by atoms with Crippen molar-refractivity contribution < 1.29 is 19.8 Å². The fourth-order valence-electron chi connectivity index (χ4n) is 4.36. The molecule has 6 rings (SSSR count). The molecule has 2 aromatic rings. The summed E-state index contributed by atoms with van der Waals surface area (Å²) in [7, 11) is 0. The van der Waals surface area contributed by atoms with Crippen molar-refractivity contribution >= 4 is 23.7 Å². The van der Waals surface area contributed by atoms with Crippen molar-refractivity contribution in [3.8, 4) is 0 Å². The van der Waals surface area contributed by atoms with Gasteiger partial charge in [0.05, 0.1) is 10.3 Å². The Morgan fingerprint density at radius 3 is 1.96 bits per heavy atom. The van der Waals surface area contributed by atoms with Gasteiger partial charge in [-0.25, -0.2) is 9.59 Å². The predicted molar refractivity (Wildman–Crippen MR) is 93.5 cm³/mol. The maximum Gasteiger partial charge on any atom is 0.343 e. The first-order valence-corrected chi connectivity index (χ1v) is 8.68. The smallest absolute Gasteiger partial charge is 0.343 e. The molecular formula is C20H12O4S. The van der Waals surface area contributed by atoms with E-state index in [1.165, 1.54) is 0 Å². The molecule has 0 atom stereocenters. The number of aliphatic carboxylic acids is 2. The summed E-state index contributed by atoms with van der Waals surface area (Å²) in [6, 6.07) is 15.9. The molecule has 122 valence electrons. The fraction of sp³-hybridized carbons (Fsp3) is 0.100. The van der Waals surface area contributed by atoms with Crippen molar-refractivity contribution in [2.24, 2.45) is 0 Å². The number of thioether (sulfide) groups is 1. The molecule has 0 radical (unpaired) electrons. The summed E-state index contributed by atoms with van der Waals surface area (Å²) in [4.78, 5) is 23.6. The Labute approximate surface area is 147 Å². The standard InChI is InChI=1S/C20H12O4S/c21-18(22)16-15-9-12-10-5-1-3-7-13(10)20(15,25-17(16)19(23)24)14-8-4-2-6-11(12)14/h1-9,12H,(H,21,22)(H,23,24). The number of hydrogen-bond donors (Lipinski definition) is 2. The van der Waals surface area contributed by atoms with Gasteiger partial charge in [-0.3, -0.25) is 0 Å². The van der Waals surface area contributed by atoms with Gasteiger partial charge in [-0.2, -0.15) is 0 Å². The van der Waals surface area contributed by atoms with Gasteiger partial charge in [0, 0.05) is 5.92 Å². The lowest BCUT2D eigenvalue weighted by atomic mass is 9.62. The Bertz CT molecular complexity index is 1000. The second-order valence-corrected chi connectivity index (χ2v) is 7.55. The van der Waals surface area contributed by atoms with Gasteiger partial charge in [0.25, 0.3) is 0 Å². The summed E-state index contributed by atoms with van der Waals surface area (Å²) >= 11 is 1.14. The molecule has 4 nitrogen and oxygen atoms in total. The predicted octanol–water partition coefficient (Wildman–Crippen LogP) is 3.49. The lowest BCUT2D eigenvalue weighted by molar-refractivity contribution is -0.135. The van der Waals surface area contributed by atoms with E-state index < -0.39 is 16.7 Å². The Kier molecular flexibility index (Phi) is 2.70. The van der Waals surface area contributed by atoms with Gasteiger partial charge in [-0.1, -0.05) is 66.4 Å². The molecule has 4 aliphatic rings. The quantitative estimate of drug-likeness (QED) is 0.869. The van der Waals surface area contributed by atoms with Gasteiger partial charge in [0.1, 0.15) is 4.91 Å². The highest BCUT2D eigenvalue weighted by Crippen LogP contribution is 2.67. The average Bonchev–Trinajstić information content (AvgIpc) is 2.99. The van der Waals surface area contributed by atoms with E-state index in [0.29, 0.717) is 5.57 Å². The monoisotopic (exact) mass is 348 g/mol. The van der Waals surface area contributed by atoms with Crippen LogP contribution in [0.4, 0.5) is 0 Å². The summed E-state index contributed by atoms with van der Waals surface area (Å²) in [5.74, 6) is -2.42. The minimum atomic E-state index is -1.19. The van der Waals surface area contributed by atoms with Crippen LogP contribution in [0, 0.1) is 0 Å². The van der Waals surface area contributed by atoms with Gasteiger partial charge >= 0.3 is 11.9 Å². The van der Waals surface area contributed by atoms with E-state index in [1.807, 2.05) is 54.6 Å². The molecule has 0 saturated carbocycles. The third kappa shape index (κ3) is 1.59. The highest BCUT2D eigenvalue weighted by Gasteiger charge is 2.57. The molecule has 0 unspecified atom stereocenters. The first-order valence-electron chi connectivity index (χ1n) is 7.87. The van der Waals surface area contributed by atoms with Crippen molar-refractivity contribution in [1.29, 1.82) is 0 Å². The van der Waals surface area contributed by atoms with E-state index in [-0.39, 0.29) is 16.4 Å². The molecule has 5 heteroatoms. The number of carbonyl (C=O) groups is 2. The van der Waals surface area contributed by atoms with E-state index in [2.05, 4.69) is 0 Å². The normalized spacial score (nSPS) is 25.1. The largest absolute Gasteiger partial charge is 0.478 e.